The summed E-state index contributed by atoms with van der Waals surface area (Å²) >= 11 is 0. The van der Waals surface area contributed by atoms with E-state index in [9.17, 15) is 10.1 Å². The zero-order valence-corrected chi connectivity index (χ0v) is 11.7. The first-order chi connectivity index (χ1) is 9.61. The fourth-order valence-corrected chi connectivity index (χ4v) is 2.61. The molecule has 0 bridgehead atoms. The summed E-state index contributed by atoms with van der Waals surface area (Å²) in [7, 11) is 0. The minimum atomic E-state index is -0.430. The predicted molar refractivity (Wildman–Crippen MR) is 77.4 cm³/mol. The summed E-state index contributed by atoms with van der Waals surface area (Å²) in [6.45, 7) is 5.30. The summed E-state index contributed by atoms with van der Waals surface area (Å²) in [4.78, 5) is 12.7. The maximum Gasteiger partial charge on any atom is 0.292 e. The Morgan fingerprint density at radius 3 is 2.75 bits per heavy atom. The lowest BCUT2D eigenvalue weighted by atomic mass is 10.1. The van der Waals surface area contributed by atoms with Gasteiger partial charge in [-0.1, -0.05) is 12.1 Å². The lowest BCUT2D eigenvalue weighted by molar-refractivity contribution is -0.384. The van der Waals surface area contributed by atoms with Gasteiger partial charge in [0.25, 0.3) is 5.69 Å². The number of rotatable bonds is 5. The Hall–Kier alpha value is -1.66. The average Bonchev–Trinajstić information content (AvgIpc) is 2.43. The minimum absolute atomic E-state index is 0.00768. The number of likely N-dealkylation sites (tertiary alicyclic amines) is 1. The van der Waals surface area contributed by atoms with Gasteiger partial charge in [0.15, 0.2) is 0 Å². The summed E-state index contributed by atoms with van der Waals surface area (Å²) in [5, 5.41) is 10.9. The molecule has 0 unspecified atom stereocenters. The van der Waals surface area contributed by atoms with Crippen molar-refractivity contribution in [3.05, 3.63) is 33.9 Å². The zero-order chi connectivity index (χ0) is 14.5. The van der Waals surface area contributed by atoms with Crippen LogP contribution in [-0.4, -0.2) is 35.6 Å². The lowest BCUT2D eigenvalue weighted by Gasteiger charge is -2.31. The van der Waals surface area contributed by atoms with Gasteiger partial charge in [-0.25, -0.2) is 0 Å². The van der Waals surface area contributed by atoms with Crippen molar-refractivity contribution in [2.75, 3.05) is 25.4 Å². The third-order valence-electron chi connectivity index (χ3n) is 3.70. The summed E-state index contributed by atoms with van der Waals surface area (Å²) in [6.07, 6.45) is 2.35. The van der Waals surface area contributed by atoms with Crippen LogP contribution < -0.4 is 5.73 Å². The molecule has 20 heavy (non-hydrogen) atoms. The van der Waals surface area contributed by atoms with E-state index >= 15 is 0 Å². The molecule has 1 aromatic rings. The highest BCUT2D eigenvalue weighted by molar-refractivity contribution is 5.62. The maximum atomic E-state index is 10.9. The van der Waals surface area contributed by atoms with Gasteiger partial charge in [-0.05, 0) is 25.3 Å². The number of anilines is 1. The molecule has 1 fully saturated rings. The largest absolute Gasteiger partial charge is 0.393 e. The highest BCUT2D eigenvalue weighted by Crippen LogP contribution is 2.26. The van der Waals surface area contributed by atoms with Crippen LogP contribution in [0.5, 0.6) is 0 Å². The van der Waals surface area contributed by atoms with Gasteiger partial charge in [0, 0.05) is 32.3 Å². The van der Waals surface area contributed by atoms with E-state index in [1.165, 1.54) is 6.07 Å². The molecule has 0 amide bonds. The first-order valence-corrected chi connectivity index (χ1v) is 6.97. The molecule has 0 radical (unpaired) electrons. The number of hydrogen-bond donors (Lipinski definition) is 1. The van der Waals surface area contributed by atoms with Crippen LogP contribution in [0.2, 0.25) is 0 Å². The number of nitro benzene ring substituents is 1. The lowest BCUT2D eigenvalue weighted by Crippen LogP contribution is -2.36. The van der Waals surface area contributed by atoms with Crippen LogP contribution in [0.15, 0.2) is 18.2 Å². The molecule has 6 heteroatoms. The van der Waals surface area contributed by atoms with Crippen molar-refractivity contribution in [3.63, 3.8) is 0 Å². The number of piperidine rings is 1. The highest BCUT2D eigenvalue weighted by Gasteiger charge is 2.21. The number of nitrogens with two attached hydrogens (primary N) is 1. The molecule has 0 saturated carbocycles. The molecule has 0 spiro atoms. The molecule has 0 atom stereocenters. The van der Waals surface area contributed by atoms with E-state index in [0.717, 1.165) is 38.1 Å². The van der Waals surface area contributed by atoms with Gasteiger partial charge >= 0.3 is 0 Å². The Morgan fingerprint density at radius 2 is 2.15 bits per heavy atom. The number of nitrogen functional groups attached to an aromatic ring is 1. The van der Waals surface area contributed by atoms with E-state index in [1.54, 1.807) is 6.07 Å². The number of para-hydroxylation sites is 1. The Balaban J connectivity index is 1.98. The quantitative estimate of drug-likeness (QED) is 0.507. The molecule has 1 heterocycles. The van der Waals surface area contributed by atoms with Crippen molar-refractivity contribution in [2.45, 2.75) is 32.4 Å². The number of hydrogen-bond acceptors (Lipinski definition) is 5. The first-order valence-electron chi connectivity index (χ1n) is 6.97. The van der Waals surface area contributed by atoms with Gasteiger partial charge in [0.1, 0.15) is 5.69 Å². The second-order valence-electron chi connectivity index (χ2n) is 5.04. The summed E-state index contributed by atoms with van der Waals surface area (Å²) < 4.78 is 5.61. The Morgan fingerprint density at radius 1 is 1.45 bits per heavy atom. The van der Waals surface area contributed by atoms with Crippen LogP contribution in [0.3, 0.4) is 0 Å². The van der Waals surface area contributed by atoms with Gasteiger partial charge in [-0.3, -0.25) is 15.0 Å². The van der Waals surface area contributed by atoms with Crippen molar-refractivity contribution < 1.29 is 9.66 Å². The number of ether oxygens (including phenoxy) is 1. The van der Waals surface area contributed by atoms with Crippen molar-refractivity contribution >= 4 is 11.4 Å². The molecule has 1 aromatic carbocycles. The summed E-state index contributed by atoms with van der Waals surface area (Å²) in [6, 6.07) is 4.99. The van der Waals surface area contributed by atoms with Crippen LogP contribution in [0.25, 0.3) is 0 Å². The van der Waals surface area contributed by atoms with Gasteiger partial charge < -0.3 is 10.5 Å². The van der Waals surface area contributed by atoms with Crippen LogP contribution in [0.4, 0.5) is 11.4 Å². The van der Waals surface area contributed by atoms with E-state index in [-0.39, 0.29) is 11.4 Å². The van der Waals surface area contributed by atoms with Crippen LogP contribution >= 0.6 is 0 Å². The van der Waals surface area contributed by atoms with E-state index in [1.807, 2.05) is 13.0 Å². The molecule has 6 nitrogen and oxygen atoms in total. The summed E-state index contributed by atoms with van der Waals surface area (Å²) in [5.74, 6) is 0. The monoisotopic (exact) mass is 279 g/mol. The summed E-state index contributed by atoms with van der Waals surface area (Å²) in [5.41, 5.74) is 6.99. The van der Waals surface area contributed by atoms with Gasteiger partial charge in [-0.2, -0.15) is 0 Å². The smallest absolute Gasteiger partial charge is 0.292 e. The Bertz CT molecular complexity index is 471. The normalized spacial score (nSPS) is 17.2. The molecule has 1 aliphatic heterocycles. The third-order valence-corrected chi connectivity index (χ3v) is 3.70. The molecule has 1 saturated heterocycles. The number of nitrogens with zero attached hydrogens (tertiary/aromatic N) is 2. The number of nitro groups is 1. The van der Waals surface area contributed by atoms with Crippen molar-refractivity contribution in [2.24, 2.45) is 0 Å². The minimum Gasteiger partial charge on any atom is -0.393 e. The molecule has 2 rings (SSSR count). The van der Waals surface area contributed by atoms with E-state index < -0.39 is 4.92 Å². The Labute approximate surface area is 118 Å². The molecular weight excluding hydrogens is 258 g/mol. The van der Waals surface area contributed by atoms with Gasteiger partial charge in [-0.15, -0.1) is 0 Å². The molecular formula is C14H21N3O3. The van der Waals surface area contributed by atoms with Crippen molar-refractivity contribution in [1.82, 2.24) is 4.90 Å². The highest BCUT2D eigenvalue weighted by atomic mass is 16.6. The van der Waals surface area contributed by atoms with Crippen molar-refractivity contribution in [1.29, 1.82) is 0 Å². The topological polar surface area (TPSA) is 81.6 Å². The maximum absolute atomic E-state index is 10.9. The number of benzene rings is 1. The average molecular weight is 279 g/mol. The van der Waals surface area contributed by atoms with Gasteiger partial charge in [0.2, 0.25) is 0 Å². The van der Waals surface area contributed by atoms with E-state index in [2.05, 4.69) is 4.90 Å². The zero-order valence-electron chi connectivity index (χ0n) is 11.7. The predicted octanol–water partition coefficient (Wildman–Crippen LogP) is 2.18. The van der Waals surface area contributed by atoms with Crippen LogP contribution in [0.1, 0.15) is 25.3 Å². The van der Waals surface area contributed by atoms with E-state index in [0.29, 0.717) is 12.6 Å². The first kappa shape index (κ1) is 14.7. The van der Waals surface area contributed by atoms with Crippen molar-refractivity contribution in [3.8, 4) is 0 Å². The van der Waals surface area contributed by atoms with Crippen LogP contribution in [0, 0.1) is 10.1 Å². The third kappa shape index (κ3) is 3.46. The molecule has 1 aliphatic rings. The molecule has 0 aromatic heterocycles. The molecule has 2 N–H and O–H groups in total. The molecule has 110 valence electrons. The fourth-order valence-electron chi connectivity index (χ4n) is 2.61. The standard InChI is InChI=1S/C14H21N3O3/c1-2-20-12-6-8-16(9-7-12)10-11-4-3-5-13(14(11)15)17(18)19/h3-5,12H,2,6-10,15H2,1H3. The molecule has 0 aliphatic carbocycles. The van der Waals surface area contributed by atoms with Gasteiger partial charge in [0.05, 0.1) is 11.0 Å². The fraction of sp³-hybridized carbons (Fsp3) is 0.571. The SMILES string of the molecule is CCOC1CCN(Cc2cccc([N+](=O)[O-])c2N)CC1. The second-order valence-corrected chi connectivity index (χ2v) is 5.04. The van der Waals surface area contributed by atoms with Crippen LogP contribution in [-0.2, 0) is 11.3 Å². The Kier molecular flexibility index (Phi) is 4.92. The second kappa shape index (κ2) is 6.67. The van der Waals surface area contributed by atoms with E-state index in [4.69, 9.17) is 10.5 Å².